The maximum Gasteiger partial charge on any atom is 0.350 e. The lowest BCUT2D eigenvalue weighted by Gasteiger charge is -2.10. The van der Waals surface area contributed by atoms with Crippen LogP contribution in [0.3, 0.4) is 0 Å². The second-order valence-electron chi connectivity index (χ2n) is 5.72. The molecule has 1 aliphatic rings. The van der Waals surface area contributed by atoms with Gasteiger partial charge in [0.2, 0.25) is 0 Å². The van der Waals surface area contributed by atoms with Gasteiger partial charge >= 0.3 is 5.97 Å². The second kappa shape index (κ2) is 8.43. The van der Waals surface area contributed by atoms with Crippen molar-refractivity contribution >= 4 is 56.5 Å². The zero-order valence-corrected chi connectivity index (χ0v) is 16.3. The maximum atomic E-state index is 12.3. The molecule has 1 amide bonds. The van der Waals surface area contributed by atoms with Gasteiger partial charge in [-0.05, 0) is 25.0 Å². The number of methoxy groups -OCH3 is 1. The zero-order chi connectivity index (χ0) is 18.7. The highest BCUT2D eigenvalue weighted by Gasteiger charge is 2.22. The monoisotopic (exact) mass is 417 g/mol. The molecule has 0 saturated carbocycles. The Morgan fingerprint density at radius 2 is 2.15 bits per heavy atom. The third kappa shape index (κ3) is 4.06. The van der Waals surface area contributed by atoms with Crippen molar-refractivity contribution in [1.82, 2.24) is 5.32 Å². The van der Waals surface area contributed by atoms with Crippen molar-refractivity contribution in [2.45, 2.75) is 18.9 Å². The summed E-state index contributed by atoms with van der Waals surface area (Å²) in [6.07, 6.45) is 1.94. The van der Waals surface area contributed by atoms with E-state index >= 15 is 0 Å². The summed E-state index contributed by atoms with van der Waals surface area (Å²) in [7, 11) is 1.51. The quantitative estimate of drug-likeness (QED) is 0.725. The zero-order valence-electron chi connectivity index (χ0n) is 14.0. The topological polar surface area (TPSA) is 73.9 Å². The van der Waals surface area contributed by atoms with E-state index in [9.17, 15) is 9.59 Å². The third-order valence-electron chi connectivity index (χ3n) is 3.99. The number of hydrogen-bond acceptors (Lipinski definition) is 6. The van der Waals surface area contributed by atoms with E-state index in [1.165, 1.54) is 7.11 Å². The summed E-state index contributed by atoms with van der Waals surface area (Å²) in [4.78, 5) is 24.3. The van der Waals surface area contributed by atoms with Crippen LogP contribution in [0.15, 0.2) is 12.1 Å². The molecule has 0 bridgehead atoms. The van der Waals surface area contributed by atoms with Crippen molar-refractivity contribution in [3.8, 4) is 5.75 Å². The Kier molecular flexibility index (Phi) is 6.24. The summed E-state index contributed by atoms with van der Waals surface area (Å²) in [5, 5.41) is 3.95. The molecular weight excluding hydrogens is 401 g/mol. The van der Waals surface area contributed by atoms with Gasteiger partial charge in [-0.1, -0.05) is 23.2 Å². The minimum atomic E-state index is -0.668. The smallest absolute Gasteiger partial charge is 0.350 e. The SMILES string of the molecule is COc1ccc2c(Cl)c(C(=O)OCC(=O)NC[C@@H]3CCCO3)sc2c1Cl. The van der Waals surface area contributed by atoms with Crippen LogP contribution in [0.4, 0.5) is 0 Å². The molecule has 1 N–H and O–H groups in total. The number of ether oxygens (including phenoxy) is 3. The van der Waals surface area contributed by atoms with Gasteiger partial charge in [0.15, 0.2) is 6.61 Å². The molecule has 1 aromatic heterocycles. The van der Waals surface area contributed by atoms with E-state index in [1.807, 2.05) is 0 Å². The maximum absolute atomic E-state index is 12.3. The van der Waals surface area contributed by atoms with Crippen LogP contribution < -0.4 is 10.1 Å². The van der Waals surface area contributed by atoms with Gasteiger partial charge in [0.1, 0.15) is 15.6 Å². The third-order valence-corrected chi connectivity index (χ3v) is 6.19. The van der Waals surface area contributed by atoms with Crippen molar-refractivity contribution in [3.63, 3.8) is 0 Å². The number of benzene rings is 1. The number of hydrogen-bond donors (Lipinski definition) is 1. The van der Waals surface area contributed by atoms with Crippen molar-refractivity contribution < 1.29 is 23.8 Å². The van der Waals surface area contributed by atoms with Crippen LogP contribution in [0.5, 0.6) is 5.75 Å². The van der Waals surface area contributed by atoms with Gasteiger partial charge in [0.05, 0.1) is 22.9 Å². The molecule has 1 aliphatic heterocycles. The summed E-state index contributed by atoms with van der Waals surface area (Å²) in [6, 6.07) is 3.40. The number of amides is 1. The van der Waals surface area contributed by atoms with E-state index in [0.29, 0.717) is 34.0 Å². The van der Waals surface area contributed by atoms with Gasteiger partial charge in [-0.2, -0.15) is 0 Å². The summed E-state index contributed by atoms with van der Waals surface area (Å²) in [5.74, 6) is -0.560. The largest absolute Gasteiger partial charge is 0.495 e. The number of rotatable bonds is 6. The lowest BCUT2D eigenvalue weighted by atomic mass is 10.2. The fourth-order valence-corrected chi connectivity index (χ4v) is 4.43. The van der Waals surface area contributed by atoms with Gasteiger partial charge in [0, 0.05) is 18.5 Å². The predicted molar refractivity (Wildman–Crippen MR) is 101 cm³/mol. The number of carbonyl (C=O) groups is 2. The van der Waals surface area contributed by atoms with Crippen molar-refractivity contribution in [1.29, 1.82) is 0 Å². The normalized spacial score (nSPS) is 16.7. The Morgan fingerprint density at radius 1 is 1.35 bits per heavy atom. The molecule has 3 rings (SSSR count). The molecule has 1 saturated heterocycles. The molecule has 0 aliphatic carbocycles. The van der Waals surface area contributed by atoms with Gasteiger partial charge in [-0.15, -0.1) is 11.3 Å². The lowest BCUT2D eigenvalue weighted by Crippen LogP contribution is -2.34. The van der Waals surface area contributed by atoms with Crippen LogP contribution in [0.1, 0.15) is 22.5 Å². The average molecular weight is 418 g/mol. The Balaban J connectivity index is 1.63. The first-order valence-electron chi connectivity index (χ1n) is 8.01. The molecule has 1 atom stereocenters. The molecule has 1 aromatic carbocycles. The number of thiophene rings is 1. The van der Waals surface area contributed by atoms with E-state index in [4.69, 9.17) is 37.4 Å². The van der Waals surface area contributed by atoms with Gasteiger partial charge in [0.25, 0.3) is 5.91 Å². The minimum Gasteiger partial charge on any atom is -0.495 e. The summed E-state index contributed by atoms with van der Waals surface area (Å²) < 4.78 is 16.3. The van der Waals surface area contributed by atoms with Crippen LogP contribution in [0.2, 0.25) is 10.0 Å². The van der Waals surface area contributed by atoms with Crippen LogP contribution in [-0.4, -0.2) is 44.8 Å². The molecule has 0 spiro atoms. The molecule has 2 heterocycles. The summed E-state index contributed by atoms with van der Waals surface area (Å²) in [6.45, 7) is 0.746. The first kappa shape index (κ1) is 19.2. The van der Waals surface area contributed by atoms with E-state index in [-0.39, 0.29) is 28.5 Å². The highest BCUT2D eigenvalue weighted by atomic mass is 35.5. The standard InChI is InChI=1S/C17H17Cl2NO5S/c1-23-11-5-4-10-13(18)16(26-15(10)14(11)19)17(22)25-8-12(21)20-7-9-3-2-6-24-9/h4-5,9H,2-3,6-8H2,1H3,(H,20,21)/t9-/m0/s1. The molecule has 1 fully saturated rings. The van der Waals surface area contributed by atoms with E-state index in [0.717, 1.165) is 24.2 Å². The minimum absolute atomic E-state index is 0.0313. The van der Waals surface area contributed by atoms with Gasteiger partial charge in [-0.3, -0.25) is 4.79 Å². The fourth-order valence-electron chi connectivity index (χ4n) is 2.65. The van der Waals surface area contributed by atoms with E-state index in [2.05, 4.69) is 5.32 Å². The van der Waals surface area contributed by atoms with Crippen molar-refractivity contribution in [3.05, 3.63) is 27.1 Å². The Hall–Kier alpha value is -1.54. The first-order valence-corrected chi connectivity index (χ1v) is 9.58. The molecule has 0 unspecified atom stereocenters. The average Bonchev–Trinajstić information content (AvgIpc) is 3.27. The number of halogens is 2. The first-order chi connectivity index (χ1) is 12.5. The fraction of sp³-hybridized carbons (Fsp3) is 0.412. The Labute approximate surface area is 164 Å². The van der Waals surface area contributed by atoms with E-state index < -0.39 is 5.97 Å². The van der Waals surface area contributed by atoms with Gasteiger partial charge in [-0.25, -0.2) is 4.79 Å². The van der Waals surface area contributed by atoms with Crippen LogP contribution in [0, 0.1) is 0 Å². The molecule has 9 heteroatoms. The number of fused-ring (bicyclic) bond motifs is 1. The second-order valence-corrected chi connectivity index (χ2v) is 7.50. The van der Waals surface area contributed by atoms with Gasteiger partial charge < -0.3 is 19.5 Å². The molecule has 2 aromatic rings. The number of esters is 1. The van der Waals surface area contributed by atoms with Crippen LogP contribution >= 0.6 is 34.5 Å². The number of carbonyl (C=O) groups excluding carboxylic acids is 2. The summed E-state index contributed by atoms with van der Waals surface area (Å²) in [5.41, 5.74) is 0. The Bertz CT molecular complexity index is 832. The lowest BCUT2D eigenvalue weighted by molar-refractivity contribution is -0.124. The number of nitrogens with one attached hydrogen (secondary N) is 1. The Morgan fingerprint density at radius 3 is 2.85 bits per heavy atom. The van der Waals surface area contributed by atoms with Crippen molar-refractivity contribution in [2.75, 3.05) is 26.9 Å². The highest BCUT2D eigenvalue weighted by molar-refractivity contribution is 7.22. The summed E-state index contributed by atoms with van der Waals surface area (Å²) >= 11 is 13.6. The van der Waals surface area contributed by atoms with Crippen LogP contribution in [0.25, 0.3) is 10.1 Å². The molecule has 140 valence electrons. The molecule has 0 radical (unpaired) electrons. The highest BCUT2D eigenvalue weighted by Crippen LogP contribution is 2.43. The molecular formula is C17H17Cl2NO5S. The predicted octanol–water partition coefficient (Wildman–Crippen LogP) is 3.67. The van der Waals surface area contributed by atoms with Crippen molar-refractivity contribution in [2.24, 2.45) is 0 Å². The van der Waals surface area contributed by atoms with E-state index in [1.54, 1.807) is 12.1 Å². The molecule has 6 nitrogen and oxygen atoms in total. The van der Waals surface area contributed by atoms with Crippen LogP contribution in [-0.2, 0) is 14.3 Å². The molecule has 26 heavy (non-hydrogen) atoms.